The number of carboxylic acids is 1. The van der Waals surface area contributed by atoms with Gasteiger partial charge in [0, 0.05) is 5.56 Å². The topological polar surface area (TPSA) is 75.6 Å². The Balaban J connectivity index is 1.96. The van der Waals surface area contributed by atoms with E-state index in [1.54, 1.807) is 30.3 Å². The number of carboxylic acid groups (broad SMARTS) is 1. The fourth-order valence-electron chi connectivity index (χ4n) is 3.15. The molecule has 0 aliphatic heterocycles. The number of rotatable bonds is 11. The van der Waals surface area contributed by atoms with Crippen LogP contribution in [0.4, 0.5) is 5.69 Å². The second-order valence-corrected chi connectivity index (χ2v) is 6.86. The van der Waals surface area contributed by atoms with Crippen LogP contribution in [0.1, 0.15) is 71.7 Å². The molecule has 0 saturated carbocycles. The number of aryl methyl sites for hydroxylation is 1. The van der Waals surface area contributed by atoms with Gasteiger partial charge in [-0.1, -0.05) is 57.2 Å². The Kier molecular flexibility index (Phi) is 8.53. The van der Waals surface area contributed by atoms with E-state index in [-0.39, 0.29) is 22.9 Å². The number of carbonyl (C=O) groups excluding carboxylic acids is 1. The average Bonchev–Trinajstić information content (AvgIpc) is 2.70. The predicted molar refractivity (Wildman–Crippen MR) is 111 cm³/mol. The van der Waals surface area contributed by atoms with Gasteiger partial charge in [0.05, 0.1) is 12.8 Å². The zero-order chi connectivity index (χ0) is 20.4. The molecule has 0 saturated heterocycles. The number of unbranched alkanes of at least 4 members (excludes halogenated alkanes) is 5. The molecule has 0 unspecified atom stereocenters. The molecule has 5 heteroatoms. The highest BCUT2D eigenvalue weighted by molar-refractivity contribution is 6.08. The van der Waals surface area contributed by atoms with Gasteiger partial charge in [-0.3, -0.25) is 4.79 Å². The molecule has 1 amide bonds. The van der Waals surface area contributed by atoms with Crippen molar-refractivity contribution < 1.29 is 19.4 Å². The SMILES string of the molecule is CCCCCCCCc1ccc(C(=O)Nc2cccc(OC)c2C(=O)O)cc1. The summed E-state index contributed by atoms with van der Waals surface area (Å²) in [6.45, 7) is 2.22. The molecular weight excluding hydrogens is 354 g/mol. The van der Waals surface area contributed by atoms with Crippen LogP contribution in [-0.2, 0) is 6.42 Å². The van der Waals surface area contributed by atoms with E-state index in [0.717, 1.165) is 12.8 Å². The molecule has 0 aromatic heterocycles. The second kappa shape index (κ2) is 11.1. The van der Waals surface area contributed by atoms with Gasteiger partial charge in [-0.15, -0.1) is 0 Å². The van der Waals surface area contributed by atoms with Gasteiger partial charge in [-0.25, -0.2) is 4.79 Å². The molecule has 0 heterocycles. The minimum Gasteiger partial charge on any atom is -0.496 e. The first-order valence-electron chi connectivity index (χ1n) is 9.87. The summed E-state index contributed by atoms with van der Waals surface area (Å²) in [5, 5.41) is 12.1. The minimum absolute atomic E-state index is 0.0574. The van der Waals surface area contributed by atoms with Crippen LogP contribution in [0.25, 0.3) is 0 Å². The lowest BCUT2D eigenvalue weighted by Crippen LogP contribution is -2.15. The van der Waals surface area contributed by atoms with Crippen LogP contribution in [0.2, 0.25) is 0 Å². The van der Waals surface area contributed by atoms with E-state index < -0.39 is 5.97 Å². The fourth-order valence-corrected chi connectivity index (χ4v) is 3.15. The molecule has 28 heavy (non-hydrogen) atoms. The molecule has 0 spiro atoms. The van der Waals surface area contributed by atoms with E-state index in [2.05, 4.69) is 12.2 Å². The van der Waals surface area contributed by atoms with E-state index in [1.807, 2.05) is 12.1 Å². The Morgan fingerprint density at radius 1 is 0.964 bits per heavy atom. The molecule has 0 bridgehead atoms. The fraction of sp³-hybridized carbons (Fsp3) is 0.391. The van der Waals surface area contributed by atoms with Crippen molar-refractivity contribution in [3.05, 3.63) is 59.2 Å². The molecule has 5 nitrogen and oxygen atoms in total. The van der Waals surface area contributed by atoms with Crippen molar-refractivity contribution in [2.45, 2.75) is 51.9 Å². The number of benzene rings is 2. The zero-order valence-electron chi connectivity index (χ0n) is 16.7. The van der Waals surface area contributed by atoms with Crippen LogP contribution in [0.3, 0.4) is 0 Å². The van der Waals surface area contributed by atoms with Crippen LogP contribution in [0.5, 0.6) is 5.75 Å². The summed E-state index contributed by atoms with van der Waals surface area (Å²) in [6, 6.07) is 12.2. The van der Waals surface area contributed by atoms with E-state index in [0.29, 0.717) is 5.56 Å². The number of hydrogen-bond acceptors (Lipinski definition) is 3. The molecule has 2 aromatic rings. The first-order valence-corrected chi connectivity index (χ1v) is 9.87. The Hall–Kier alpha value is -2.82. The van der Waals surface area contributed by atoms with Gasteiger partial charge in [-0.2, -0.15) is 0 Å². The van der Waals surface area contributed by atoms with Gasteiger partial charge in [0.1, 0.15) is 11.3 Å². The highest BCUT2D eigenvalue weighted by Gasteiger charge is 2.18. The van der Waals surface area contributed by atoms with Crippen LogP contribution >= 0.6 is 0 Å². The molecule has 2 rings (SSSR count). The first kappa shape index (κ1) is 21.5. The van der Waals surface area contributed by atoms with Gasteiger partial charge in [0.25, 0.3) is 5.91 Å². The average molecular weight is 383 g/mol. The van der Waals surface area contributed by atoms with Crippen molar-refractivity contribution >= 4 is 17.6 Å². The monoisotopic (exact) mass is 383 g/mol. The lowest BCUT2D eigenvalue weighted by molar-refractivity contribution is 0.0694. The molecule has 0 aliphatic carbocycles. The molecule has 150 valence electrons. The van der Waals surface area contributed by atoms with Crippen LogP contribution < -0.4 is 10.1 Å². The third kappa shape index (κ3) is 6.12. The Morgan fingerprint density at radius 3 is 2.29 bits per heavy atom. The maximum atomic E-state index is 12.5. The van der Waals surface area contributed by atoms with Crippen LogP contribution in [-0.4, -0.2) is 24.1 Å². The number of amides is 1. The van der Waals surface area contributed by atoms with E-state index in [4.69, 9.17) is 4.74 Å². The number of anilines is 1. The number of nitrogens with one attached hydrogen (secondary N) is 1. The smallest absolute Gasteiger partial charge is 0.341 e. The summed E-state index contributed by atoms with van der Waals surface area (Å²) in [7, 11) is 1.40. The third-order valence-corrected chi connectivity index (χ3v) is 4.74. The normalized spacial score (nSPS) is 10.5. The minimum atomic E-state index is -1.15. The number of hydrogen-bond donors (Lipinski definition) is 2. The molecule has 2 aromatic carbocycles. The number of carbonyl (C=O) groups is 2. The van der Waals surface area contributed by atoms with Crippen LogP contribution in [0, 0.1) is 0 Å². The van der Waals surface area contributed by atoms with Gasteiger partial charge in [-0.05, 0) is 42.7 Å². The van der Waals surface area contributed by atoms with Crippen molar-refractivity contribution in [1.82, 2.24) is 0 Å². The Bertz CT molecular complexity index is 784. The summed E-state index contributed by atoms with van der Waals surface area (Å²) in [4.78, 5) is 24.0. The van der Waals surface area contributed by atoms with Crippen molar-refractivity contribution in [2.75, 3.05) is 12.4 Å². The molecule has 0 fully saturated rings. The van der Waals surface area contributed by atoms with E-state index >= 15 is 0 Å². The number of methoxy groups -OCH3 is 1. The van der Waals surface area contributed by atoms with Gasteiger partial charge in [0.15, 0.2) is 0 Å². The highest BCUT2D eigenvalue weighted by atomic mass is 16.5. The van der Waals surface area contributed by atoms with Gasteiger partial charge in [0.2, 0.25) is 0 Å². The highest BCUT2D eigenvalue weighted by Crippen LogP contribution is 2.26. The van der Waals surface area contributed by atoms with Crippen molar-refractivity contribution in [3.8, 4) is 5.75 Å². The van der Waals surface area contributed by atoms with Crippen LogP contribution in [0.15, 0.2) is 42.5 Å². The molecule has 0 atom stereocenters. The van der Waals surface area contributed by atoms with Crippen molar-refractivity contribution in [2.24, 2.45) is 0 Å². The Labute approximate surface area is 166 Å². The zero-order valence-corrected chi connectivity index (χ0v) is 16.7. The first-order chi connectivity index (χ1) is 13.6. The van der Waals surface area contributed by atoms with Gasteiger partial charge < -0.3 is 15.2 Å². The third-order valence-electron chi connectivity index (χ3n) is 4.74. The summed E-state index contributed by atoms with van der Waals surface area (Å²) >= 11 is 0. The summed E-state index contributed by atoms with van der Waals surface area (Å²) < 4.78 is 5.09. The number of ether oxygens (including phenoxy) is 1. The van der Waals surface area contributed by atoms with Crippen molar-refractivity contribution in [1.29, 1.82) is 0 Å². The largest absolute Gasteiger partial charge is 0.496 e. The predicted octanol–water partition coefficient (Wildman–Crippen LogP) is 5.55. The summed E-state index contributed by atoms with van der Waals surface area (Å²) in [5.74, 6) is -1.29. The van der Waals surface area contributed by atoms with E-state index in [1.165, 1.54) is 44.8 Å². The maximum Gasteiger partial charge on any atom is 0.341 e. The molecule has 0 aliphatic rings. The van der Waals surface area contributed by atoms with Crippen molar-refractivity contribution in [3.63, 3.8) is 0 Å². The molecular formula is C23H29NO4. The lowest BCUT2D eigenvalue weighted by Gasteiger charge is -2.12. The molecule has 2 N–H and O–H groups in total. The summed E-state index contributed by atoms with van der Waals surface area (Å²) in [6.07, 6.45) is 8.54. The summed E-state index contributed by atoms with van der Waals surface area (Å²) in [5.41, 5.74) is 1.86. The lowest BCUT2D eigenvalue weighted by atomic mass is 10.0. The van der Waals surface area contributed by atoms with E-state index in [9.17, 15) is 14.7 Å². The maximum absolute atomic E-state index is 12.5. The van der Waals surface area contributed by atoms with Gasteiger partial charge >= 0.3 is 5.97 Å². The quantitative estimate of drug-likeness (QED) is 0.499. The standard InChI is InChI=1S/C23H29NO4/c1-3-4-5-6-7-8-10-17-13-15-18(16-14-17)22(25)24-19-11-9-12-20(28-2)21(19)23(26)27/h9,11-16H,3-8,10H2,1-2H3,(H,24,25)(H,26,27). The second-order valence-electron chi connectivity index (χ2n) is 6.86. The number of aromatic carboxylic acids is 1. The Morgan fingerprint density at radius 2 is 1.64 bits per heavy atom. The molecule has 0 radical (unpaired) electrons.